The van der Waals surface area contributed by atoms with E-state index in [1.54, 1.807) is 11.0 Å². The molecule has 0 fully saturated rings. The number of carbonyl (C=O) groups is 1. The first kappa shape index (κ1) is 17.2. The summed E-state index contributed by atoms with van der Waals surface area (Å²) in [6.45, 7) is 1.71. The topological polar surface area (TPSA) is 43.8 Å². The number of hydrogen-bond acceptors (Lipinski definition) is 3. The van der Waals surface area contributed by atoms with Gasteiger partial charge in [-0.05, 0) is 39.2 Å². The number of rotatable bonds is 6. The maximum atomic E-state index is 12.5. The molecule has 21 heavy (non-hydrogen) atoms. The van der Waals surface area contributed by atoms with Gasteiger partial charge in [-0.2, -0.15) is 0 Å². The van der Waals surface area contributed by atoms with Gasteiger partial charge in [0, 0.05) is 25.6 Å². The van der Waals surface area contributed by atoms with Gasteiger partial charge in [-0.25, -0.2) is 0 Å². The van der Waals surface area contributed by atoms with Gasteiger partial charge in [0.25, 0.3) is 5.91 Å². The van der Waals surface area contributed by atoms with Crippen LogP contribution in [-0.4, -0.2) is 61.7 Å². The Bertz CT molecular complexity index is 515. The molecule has 0 saturated carbocycles. The standard InChI is InChI=1S/C17H24N2O2/c1-18(2)12-8-13-19(3)17(21)16-11-5-4-9-15(16)10-6-7-14-20/h4-5,9,11,20H,7-8,12-14H2,1-3H3. The Morgan fingerprint density at radius 2 is 1.90 bits per heavy atom. The molecule has 0 radical (unpaired) electrons. The van der Waals surface area contributed by atoms with Gasteiger partial charge < -0.3 is 14.9 Å². The molecule has 0 aromatic heterocycles. The Kier molecular flexibility index (Phi) is 7.52. The van der Waals surface area contributed by atoms with Crippen molar-refractivity contribution in [3.05, 3.63) is 35.4 Å². The second-order valence-electron chi connectivity index (χ2n) is 5.20. The molecule has 0 heterocycles. The van der Waals surface area contributed by atoms with E-state index in [0.717, 1.165) is 25.1 Å². The lowest BCUT2D eigenvalue weighted by atomic mass is 10.1. The van der Waals surface area contributed by atoms with E-state index in [9.17, 15) is 4.79 Å². The van der Waals surface area contributed by atoms with Crippen LogP contribution < -0.4 is 0 Å². The summed E-state index contributed by atoms with van der Waals surface area (Å²) in [5.41, 5.74) is 1.34. The fourth-order valence-electron chi connectivity index (χ4n) is 1.92. The summed E-state index contributed by atoms with van der Waals surface area (Å²) in [6, 6.07) is 7.35. The molecule has 0 atom stereocenters. The predicted molar refractivity (Wildman–Crippen MR) is 85.2 cm³/mol. The SMILES string of the molecule is CN(C)CCCN(C)C(=O)c1ccccc1C#CCCO. The number of amides is 1. The predicted octanol–water partition coefficient (Wildman–Crippen LogP) is 1.44. The first-order chi connectivity index (χ1) is 10.1. The number of benzene rings is 1. The van der Waals surface area contributed by atoms with Gasteiger partial charge in [-0.3, -0.25) is 4.79 Å². The van der Waals surface area contributed by atoms with Crippen molar-refractivity contribution >= 4 is 5.91 Å². The highest BCUT2D eigenvalue weighted by molar-refractivity contribution is 5.96. The van der Waals surface area contributed by atoms with Crippen LogP contribution in [0.15, 0.2) is 24.3 Å². The number of hydrogen-bond donors (Lipinski definition) is 1. The van der Waals surface area contributed by atoms with Gasteiger partial charge in [0.1, 0.15) is 0 Å². The molecule has 0 bridgehead atoms. The Balaban J connectivity index is 2.75. The highest BCUT2D eigenvalue weighted by Gasteiger charge is 2.14. The van der Waals surface area contributed by atoms with Crippen LogP contribution in [0.1, 0.15) is 28.8 Å². The van der Waals surface area contributed by atoms with Crippen molar-refractivity contribution in [3.8, 4) is 11.8 Å². The largest absolute Gasteiger partial charge is 0.395 e. The van der Waals surface area contributed by atoms with E-state index in [4.69, 9.17) is 5.11 Å². The third kappa shape index (κ3) is 5.99. The minimum Gasteiger partial charge on any atom is -0.395 e. The number of carbonyl (C=O) groups excluding carboxylic acids is 1. The zero-order valence-corrected chi connectivity index (χ0v) is 13.1. The van der Waals surface area contributed by atoms with E-state index in [-0.39, 0.29) is 12.5 Å². The summed E-state index contributed by atoms with van der Waals surface area (Å²) in [7, 11) is 5.86. The van der Waals surface area contributed by atoms with Crippen LogP contribution in [0.5, 0.6) is 0 Å². The lowest BCUT2D eigenvalue weighted by Crippen LogP contribution is -2.30. The second-order valence-corrected chi connectivity index (χ2v) is 5.20. The van der Waals surface area contributed by atoms with E-state index in [1.165, 1.54) is 0 Å². The first-order valence-corrected chi connectivity index (χ1v) is 7.15. The molecule has 1 amide bonds. The summed E-state index contributed by atoms with van der Waals surface area (Å²) in [5, 5.41) is 8.77. The minimum atomic E-state index is -0.0114. The van der Waals surface area contributed by atoms with Gasteiger partial charge in [0.15, 0.2) is 0 Å². The van der Waals surface area contributed by atoms with E-state index >= 15 is 0 Å². The van der Waals surface area contributed by atoms with Crippen LogP contribution in [-0.2, 0) is 0 Å². The van der Waals surface area contributed by atoms with E-state index in [2.05, 4.69) is 16.7 Å². The van der Waals surface area contributed by atoms with Crippen molar-refractivity contribution in [2.45, 2.75) is 12.8 Å². The molecule has 4 heteroatoms. The average Bonchev–Trinajstić information content (AvgIpc) is 2.47. The highest BCUT2D eigenvalue weighted by Crippen LogP contribution is 2.10. The minimum absolute atomic E-state index is 0.0114. The molecule has 0 aliphatic heterocycles. The Morgan fingerprint density at radius 3 is 2.57 bits per heavy atom. The van der Waals surface area contributed by atoms with E-state index in [1.807, 2.05) is 39.3 Å². The van der Waals surface area contributed by atoms with Crippen molar-refractivity contribution in [1.82, 2.24) is 9.80 Å². The van der Waals surface area contributed by atoms with Gasteiger partial charge in [-0.1, -0.05) is 24.0 Å². The van der Waals surface area contributed by atoms with Gasteiger partial charge >= 0.3 is 0 Å². The second kappa shape index (κ2) is 9.17. The van der Waals surface area contributed by atoms with E-state index in [0.29, 0.717) is 12.0 Å². The number of aliphatic hydroxyl groups is 1. The van der Waals surface area contributed by atoms with Crippen molar-refractivity contribution in [2.24, 2.45) is 0 Å². The molecule has 0 spiro atoms. The van der Waals surface area contributed by atoms with Crippen molar-refractivity contribution < 1.29 is 9.90 Å². The van der Waals surface area contributed by atoms with Crippen molar-refractivity contribution in [3.63, 3.8) is 0 Å². The monoisotopic (exact) mass is 288 g/mol. The fraction of sp³-hybridized carbons (Fsp3) is 0.471. The lowest BCUT2D eigenvalue weighted by molar-refractivity contribution is 0.0790. The fourth-order valence-corrected chi connectivity index (χ4v) is 1.92. The Labute approximate surface area is 127 Å². The first-order valence-electron chi connectivity index (χ1n) is 7.15. The quantitative estimate of drug-likeness (QED) is 0.806. The van der Waals surface area contributed by atoms with Crippen molar-refractivity contribution in [1.29, 1.82) is 0 Å². The maximum absolute atomic E-state index is 12.5. The molecule has 1 aromatic rings. The summed E-state index contributed by atoms with van der Waals surface area (Å²) in [6.07, 6.45) is 1.36. The van der Waals surface area contributed by atoms with Crippen LogP contribution in [0.3, 0.4) is 0 Å². The van der Waals surface area contributed by atoms with Gasteiger partial charge in [0.05, 0.1) is 12.2 Å². The Morgan fingerprint density at radius 1 is 1.19 bits per heavy atom. The smallest absolute Gasteiger partial charge is 0.254 e. The number of aliphatic hydroxyl groups excluding tert-OH is 1. The third-order valence-corrected chi connectivity index (χ3v) is 3.06. The molecule has 4 nitrogen and oxygen atoms in total. The summed E-state index contributed by atoms with van der Waals surface area (Å²) in [5.74, 6) is 5.81. The summed E-state index contributed by atoms with van der Waals surface area (Å²) in [4.78, 5) is 16.3. The van der Waals surface area contributed by atoms with Gasteiger partial charge in [0.2, 0.25) is 0 Å². The summed E-state index contributed by atoms with van der Waals surface area (Å²) < 4.78 is 0. The molecule has 1 aromatic carbocycles. The maximum Gasteiger partial charge on any atom is 0.254 e. The normalized spacial score (nSPS) is 10.1. The van der Waals surface area contributed by atoms with Crippen LogP contribution in [0, 0.1) is 11.8 Å². The van der Waals surface area contributed by atoms with Crippen molar-refractivity contribution in [2.75, 3.05) is 40.8 Å². The highest BCUT2D eigenvalue weighted by atomic mass is 16.2. The average molecular weight is 288 g/mol. The molecular weight excluding hydrogens is 264 g/mol. The van der Waals surface area contributed by atoms with Gasteiger partial charge in [-0.15, -0.1) is 0 Å². The molecular formula is C17H24N2O2. The van der Waals surface area contributed by atoms with Crippen LogP contribution in [0.2, 0.25) is 0 Å². The molecule has 0 saturated heterocycles. The molecule has 0 aliphatic carbocycles. The van der Waals surface area contributed by atoms with Crippen LogP contribution >= 0.6 is 0 Å². The molecule has 1 rings (SSSR count). The zero-order valence-electron chi connectivity index (χ0n) is 13.1. The van der Waals surface area contributed by atoms with E-state index < -0.39 is 0 Å². The molecule has 0 aliphatic rings. The molecule has 0 unspecified atom stereocenters. The number of nitrogens with zero attached hydrogens (tertiary/aromatic N) is 2. The summed E-state index contributed by atoms with van der Waals surface area (Å²) >= 11 is 0. The van der Waals surface area contributed by atoms with Crippen LogP contribution in [0.4, 0.5) is 0 Å². The molecule has 114 valence electrons. The van der Waals surface area contributed by atoms with Crippen LogP contribution in [0.25, 0.3) is 0 Å². The molecule has 1 N–H and O–H groups in total. The lowest BCUT2D eigenvalue weighted by Gasteiger charge is -2.19. The Hall–Kier alpha value is -1.83. The zero-order chi connectivity index (χ0) is 15.7. The third-order valence-electron chi connectivity index (χ3n) is 3.06.